The molecule has 4 aromatic rings. The molecule has 27 heavy (non-hydrogen) atoms. The molecule has 0 spiro atoms. The Hall–Kier alpha value is -2.93. The van der Waals surface area contributed by atoms with Gasteiger partial charge in [-0.15, -0.1) is 0 Å². The number of benzene rings is 2. The third-order valence-corrected chi connectivity index (χ3v) is 5.11. The van der Waals surface area contributed by atoms with E-state index in [-0.39, 0.29) is 17.5 Å². The Morgan fingerprint density at radius 2 is 1.93 bits per heavy atom. The van der Waals surface area contributed by atoms with Crippen molar-refractivity contribution in [3.05, 3.63) is 66.2 Å². The summed E-state index contributed by atoms with van der Waals surface area (Å²) in [5, 5.41) is 4.35. The molecule has 4 rings (SSSR count). The first kappa shape index (κ1) is 17.5. The molecule has 0 aliphatic carbocycles. The summed E-state index contributed by atoms with van der Waals surface area (Å²) in [7, 11) is 0. The van der Waals surface area contributed by atoms with Crippen molar-refractivity contribution in [2.24, 2.45) is 0 Å². The zero-order valence-electron chi connectivity index (χ0n) is 14.3. The van der Waals surface area contributed by atoms with E-state index in [0.717, 1.165) is 16.5 Å². The highest BCUT2D eigenvalue weighted by atomic mass is 32.2. The molecule has 0 radical (unpaired) electrons. The van der Waals surface area contributed by atoms with Crippen LogP contribution in [0.15, 0.2) is 64.3 Å². The van der Waals surface area contributed by atoms with E-state index in [1.54, 1.807) is 18.2 Å². The first-order chi connectivity index (χ1) is 13.2. The lowest BCUT2D eigenvalue weighted by Gasteiger charge is -2.06. The molecule has 7 heteroatoms. The Morgan fingerprint density at radius 1 is 1.11 bits per heavy atom. The largest absolute Gasteiger partial charge is 0.451 e. The van der Waals surface area contributed by atoms with E-state index in [0.29, 0.717) is 29.1 Å². The molecule has 0 unspecified atom stereocenters. The molecule has 0 aliphatic rings. The van der Waals surface area contributed by atoms with Crippen molar-refractivity contribution in [1.29, 1.82) is 0 Å². The van der Waals surface area contributed by atoms with Crippen LogP contribution in [0.5, 0.6) is 0 Å². The number of nitrogens with zero attached hydrogens (tertiary/aromatic N) is 2. The summed E-state index contributed by atoms with van der Waals surface area (Å²) in [6, 6.07) is 14.2. The summed E-state index contributed by atoms with van der Waals surface area (Å²) < 4.78 is 19.4. The Morgan fingerprint density at radius 3 is 2.81 bits per heavy atom. The predicted molar refractivity (Wildman–Crippen MR) is 103 cm³/mol. The van der Waals surface area contributed by atoms with Crippen LogP contribution in [0, 0.1) is 5.82 Å². The second-order valence-corrected chi connectivity index (χ2v) is 6.90. The number of para-hydroxylation sites is 1. The van der Waals surface area contributed by atoms with Gasteiger partial charge in [-0.1, -0.05) is 42.1 Å². The molecule has 0 saturated heterocycles. The summed E-state index contributed by atoms with van der Waals surface area (Å²) in [6.45, 7) is 0.379. The van der Waals surface area contributed by atoms with Gasteiger partial charge in [-0.25, -0.2) is 14.4 Å². The van der Waals surface area contributed by atoms with E-state index >= 15 is 0 Å². The fourth-order valence-electron chi connectivity index (χ4n) is 2.83. The van der Waals surface area contributed by atoms with Gasteiger partial charge in [0.1, 0.15) is 28.3 Å². The Labute approximate surface area is 159 Å². The summed E-state index contributed by atoms with van der Waals surface area (Å²) in [4.78, 5) is 20.6. The van der Waals surface area contributed by atoms with Crippen LogP contribution in [0.1, 0.15) is 5.56 Å². The van der Waals surface area contributed by atoms with Crippen LogP contribution < -0.4 is 5.32 Å². The third kappa shape index (κ3) is 3.78. The van der Waals surface area contributed by atoms with Crippen LogP contribution in [0.4, 0.5) is 4.39 Å². The summed E-state index contributed by atoms with van der Waals surface area (Å²) >= 11 is 1.29. The predicted octanol–water partition coefficient (Wildman–Crippen LogP) is 3.97. The average Bonchev–Trinajstić information content (AvgIpc) is 3.07. The second kappa shape index (κ2) is 7.75. The number of aromatic nitrogens is 2. The maximum absolute atomic E-state index is 13.6. The van der Waals surface area contributed by atoms with Crippen molar-refractivity contribution in [3.8, 4) is 0 Å². The zero-order valence-corrected chi connectivity index (χ0v) is 15.1. The van der Waals surface area contributed by atoms with E-state index in [2.05, 4.69) is 15.3 Å². The molecular weight excluding hydrogens is 365 g/mol. The average molecular weight is 381 g/mol. The van der Waals surface area contributed by atoms with Gasteiger partial charge in [0.05, 0.1) is 5.75 Å². The van der Waals surface area contributed by atoms with E-state index in [1.165, 1.54) is 24.2 Å². The first-order valence-electron chi connectivity index (χ1n) is 8.47. The minimum absolute atomic E-state index is 0.140. The smallest absolute Gasteiger partial charge is 0.230 e. The van der Waals surface area contributed by atoms with Crippen molar-refractivity contribution in [3.63, 3.8) is 0 Å². The van der Waals surface area contributed by atoms with Gasteiger partial charge in [0.25, 0.3) is 0 Å². The topological polar surface area (TPSA) is 68.0 Å². The zero-order chi connectivity index (χ0) is 18.6. The number of fused-ring (bicyclic) bond motifs is 3. The highest BCUT2D eigenvalue weighted by Gasteiger charge is 2.14. The Balaban J connectivity index is 1.38. The molecule has 0 atom stereocenters. The number of rotatable bonds is 6. The molecule has 2 aromatic heterocycles. The highest BCUT2D eigenvalue weighted by Crippen LogP contribution is 2.32. The van der Waals surface area contributed by atoms with Crippen LogP contribution in [-0.2, 0) is 11.2 Å². The number of hydrogen-bond donors (Lipinski definition) is 1. The van der Waals surface area contributed by atoms with Crippen LogP contribution >= 0.6 is 11.8 Å². The van der Waals surface area contributed by atoms with Gasteiger partial charge in [-0.2, -0.15) is 0 Å². The molecule has 0 aliphatic heterocycles. The van der Waals surface area contributed by atoms with Crippen molar-refractivity contribution >= 4 is 39.7 Å². The number of amides is 1. The van der Waals surface area contributed by atoms with Crippen molar-refractivity contribution in [1.82, 2.24) is 15.3 Å². The second-order valence-electron chi connectivity index (χ2n) is 5.93. The lowest BCUT2D eigenvalue weighted by Crippen LogP contribution is -2.27. The maximum atomic E-state index is 13.6. The first-order valence-corrected chi connectivity index (χ1v) is 9.46. The highest BCUT2D eigenvalue weighted by molar-refractivity contribution is 8.00. The monoisotopic (exact) mass is 381 g/mol. The molecular formula is C20H16FN3O2S. The van der Waals surface area contributed by atoms with Crippen LogP contribution in [0.25, 0.3) is 22.1 Å². The van der Waals surface area contributed by atoms with Crippen LogP contribution in [0.3, 0.4) is 0 Å². The molecule has 2 heterocycles. The van der Waals surface area contributed by atoms with Gasteiger partial charge >= 0.3 is 0 Å². The minimum Gasteiger partial charge on any atom is -0.451 e. The molecule has 1 N–H and O–H groups in total. The van der Waals surface area contributed by atoms with E-state index in [4.69, 9.17) is 4.42 Å². The normalized spacial score (nSPS) is 11.1. The van der Waals surface area contributed by atoms with E-state index < -0.39 is 0 Å². The number of nitrogens with one attached hydrogen (secondary N) is 1. The number of furan rings is 1. The van der Waals surface area contributed by atoms with Gasteiger partial charge in [0, 0.05) is 11.9 Å². The van der Waals surface area contributed by atoms with Crippen LogP contribution in [0.2, 0.25) is 0 Å². The fourth-order valence-corrected chi connectivity index (χ4v) is 3.59. The molecule has 0 saturated carbocycles. The van der Waals surface area contributed by atoms with E-state index in [1.807, 2.05) is 24.3 Å². The molecule has 0 fully saturated rings. The lowest BCUT2D eigenvalue weighted by atomic mass is 10.1. The molecule has 2 aromatic carbocycles. The molecule has 0 bridgehead atoms. The number of thioether (sulfide) groups is 1. The van der Waals surface area contributed by atoms with Gasteiger partial charge in [0.2, 0.25) is 5.91 Å². The van der Waals surface area contributed by atoms with Crippen molar-refractivity contribution < 1.29 is 13.6 Å². The standard InChI is InChI=1S/C20H16FN3O2S/c21-15-7-3-1-5-13(15)9-10-22-17(25)11-27-20-19-18(23-12-24-20)14-6-2-4-8-16(14)26-19/h1-8,12H,9-11H2,(H,22,25). The lowest BCUT2D eigenvalue weighted by molar-refractivity contribution is -0.118. The number of hydrogen-bond acceptors (Lipinski definition) is 5. The summed E-state index contributed by atoms with van der Waals surface area (Å²) in [6.07, 6.45) is 1.92. The Kier molecular flexibility index (Phi) is 5.02. The SMILES string of the molecule is O=C(CSc1ncnc2c1oc1ccccc12)NCCc1ccccc1F. The minimum atomic E-state index is -0.255. The number of carbonyl (C=O) groups excluding carboxylic acids is 1. The van der Waals surface area contributed by atoms with Gasteiger partial charge < -0.3 is 9.73 Å². The molecule has 1 amide bonds. The van der Waals surface area contributed by atoms with Gasteiger partial charge in [0.15, 0.2) is 5.58 Å². The summed E-state index contributed by atoms with van der Waals surface area (Å²) in [5.74, 6) is -0.200. The Bertz CT molecular complexity index is 1110. The van der Waals surface area contributed by atoms with E-state index in [9.17, 15) is 9.18 Å². The number of halogens is 1. The fraction of sp³-hybridized carbons (Fsp3) is 0.150. The van der Waals surface area contributed by atoms with Gasteiger partial charge in [-0.3, -0.25) is 4.79 Å². The summed E-state index contributed by atoms with van der Waals surface area (Å²) in [5.41, 5.74) is 2.65. The maximum Gasteiger partial charge on any atom is 0.230 e. The van der Waals surface area contributed by atoms with Crippen LogP contribution in [-0.4, -0.2) is 28.2 Å². The van der Waals surface area contributed by atoms with Crippen molar-refractivity contribution in [2.75, 3.05) is 12.3 Å². The third-order valence-electron chi connectivity index (χ3n) is 4.14. The molecule has 5 nitrogen and oxygen atoms in total. The quantitative estimate of drug-likeness (QED) is 0.404. The van der Waals surface area contributed by atoms with Crippen molar-refractivity contribution in [2.45, 2.75) is 11.4 Å². The number of carbonyl (C=O) groups is 1. The van der Waals surface area contributed by atoms with Gasteiger partial charge in [-0.05, 0) is 30.2 Å². The molecule has 136 valence electrons.